The van der Waals surface area contributed by atoms with Gasteiger partial charge in [0.05, 0.1) is 12.2 Å². The maximum atomic E-state index is 9.13. The summed E-state index contributed by atoms with van der Waals surface area (Å²) in [4.78, 5) is 3.80. The topological polar surface area (TPSA) is 66.5 Å². The van der Waals surface area contributed by atoms with Gasteiger partial charge in [-0.15, -0.1) is 0 Å². The van der Waals surface area contributed by atoms with Gasteiger partial charge < -0.3 is 14.6 Å². The molecular weight excluding hydrogens is 158 g/mol. The minimum absolute atomic E-state index is 0.620. The number of aliphatic hydroxyl groups excluding tert-OH is 2. The SMILES string of the molecule is C[C@@H](O)[C@H](O)/C=C/c1cocn1. The molecule has 1 heterocycles. The molecule has 1 rings (SSSR count). The number of nitrogens with zero attached hydrogens (tertiary/aromatic N) is 1. The van der Waals surface area contributed by atoms with Gasteiger partial charge in [0, 0.05) is 0 Å². The van der Waals surface area contributed by atoms with Crippen molar-refractivity contribution in [1.29, 1.82) is 0 Å². The van der Waals surface area contributed by atoms with Crippen LogP contribution in [0.1, 0.15) is 12.6 Å². The smallest absolute Gasteiger partial charge is 0.181 e. The first-order valence-electron chi connectivity index (χ1n) is 3.62. The molecule has 0 spiro atoms. The lowest BCUT2D eigenvalue weighted by molar-refractivity contribution is 0.0624. The van der Waals surface area contributed by atoms with Gasteiger partial charge in [0.25, 0.3) is 0 Å². The van der Waals surface area contributed by atoms with Crippen molar-refractivity contribution in [1.82, 2.24) is 4.98 Å². The van der Waals surface area contributed by atoms with Crippen molar-refractivity contribution in [3.63, 3.8) is 0 Å². The molecule has 0 radical (unpaired) electrons. The molecule has 66 valence electrons. The van der Waals surface area contributed by atoms with E-state index in [-0.39, 0.29) is 0 Å². The van der Waals surface area contributed by atoms with E-state index in [0.29, 0.717) is 5.69 Å². The van der Waals surface area contributed by atoms with Crippen LogP contribution in [0.15, 0.2) is 23.1 Å². The molecule has 4 nitrogen and oxygen atoms in total. The first kappa shape index (κ1) is 8.96. The second-order valence-electron chi connectivity index (χ2n) is 2.50. The standard InChI is InChI=1S/C8H11NO3/c1-6(10)8(11)3-2-7-4-12-5-9-7/h2-6,8,10-11H,1H3/b3-2+/t6-,8-/m1/s1. The fraction of sp³-hybridized carbons (Fsp3) is 0.375. The van der Waals surface area contributed by atoms with Gasteiger partial charge in [-0.25, -0.2) is 4.98 Å². The van der Waals surface area contributed by atoms with E-state index < -0.39 is 12.2 Å². The fourth-order valence-electron chi connectivity index (χ4n) is 0.662. The lowest BCUT2D eigenvalue weighted by Crippen LogP contribution is -2.19. The summed E-state index contributed by atoms with van der Waals surface area (Å²) < 4.78 is 4.70. The van der Waals surface area contributed by atoms with Crippen LogP contribution in [0, 0.1) is 0 Å². The Kier molecular flexibility index (Phi) is 3.01. The van der Waals surface area contributed by atoms with Crippen LogP contribution in [0.4, 0.5) is 0 Å². The summed E-state index contributed by atoms with van der Waals surface area (Å²) in [5.74, 6) is 0. The molecule has 4 heteroatoms. The van der Waals surface area contributed by atoms with E-state index >= 15 is 0 Å². The molecule has 0 aliphatic carbocycles. The quantitative estimate of drug-likeness (QED) is 0.688. The molecule has 0 unspecified atom stereocenters. The third kappa shape index (κ3) is 2.48. The van der Waals surface area contributed by atoms with Gasteiger partial charge in [0.2, 0.25) is 0 Å². The van der Waals surface area contributed by atoms with Gasteiger partial charge in [0.15, 0.2) is 6.39 Å². The van der Waals surface area contributed by atoms with Gasteiger partial charge in [0.1, 0.15) is 12.0 Å². The van der Waals surface area contributed by atoms with Crippen LogP contribution >= 0.6 is 0 Å². The van der Waals surface area contributed by atoms with Crippen molar-refractivity contribution in [2.45, 2.75) is 19.1 Å². The lowest BCUT2D eigenvalue weighted by Gasteiger charge is -2.06. The second kappa shape index (κ2) is 4.04. The average Bonchev–Trinajstić information content (AvgIpc) is 2.51. The Hall–Kier alpha value is -1.13. The lowest BCUT2D eigenvalue weighted by atomic mass is 10.2. The van der Waals surface area contributed by atoms with Gasteiger partial charge >= 0.3 is 0 Å². The highest BCUT2D eigenvalue weighted by Crippen LogP contribution is 2.01. The summed E-state index contributed by atoms with van der Waals surface area (Å²) in [5, 5.41) is 18.0. The van der Waals surface area contributed by atoms with Crippen LogP contribution in [0.3, 0.4) is 0 Å². The number of rotatable bonds is 3. The second-order valence-corrected chi connectivity index (χ2v) is 2.50. The fourth-order valence-corrected chi connectivity index (χ4v) is 0.662. The summed E-state index contributed by atoms with van der Waals surface area (Å²) in [6, 6.07) is 0. The van der Waals surface area contributed by atoms with Gasteiger partial charge in [-0.1, -0.05) is 6.08 Å². The Labute approximate surface area is 70.2 Å². The molecule has 0 amide bonds. The molecule has 0 saturated heterocycles. The molecule has 0 bridgehead atoms. The molecule has 1 aromatic rings. The maximum absolute atomic E-state index is 9.13. The van der Waals surface area contributed by atoms with Crippen LogP contribution in [0.25, 0.3) is 6.08 Å². The third-order valence-corrected chi connectivity index (χ3v) is 1.41. The van der Waals surface area contributed by atoms with Gasteiger partial charge in [-0.3, -0.25) is 0 Å². The van der Waals surface area contributed by atoms with Crippen molar-refractivity contribution in [2.24, 2.45) is 0 Å². The highest BCUT2D eigenvalue weighted by atomic mass is 16.3. The zero-order chi connectivity index (χ0) is 8.97. The molecule has 2 N–H and O–H groups in total. The number of hydrogen-bond acceptors (Lipinski definition) is 4. The summed E-state index contributed by atoms with van der Waals surface area (Å²) in [6.45, 7) is 1.51. The summed E-state index contributed by atoms with van der Waals surface area (Å²) in [7, 11) is 0. The largest absolute Gasteiger partial charge is 0.451 e. The molecule has 0 fully saturated rings. The van der Waals surface area contributed by atoms with Gasteiger partial charge in [-0.2, -0.15) is 0 Å². The Bertz CT molecular complexity index is 241. The van der Waals surface area contributed by atoms with E-state index in [1.807, 2.05) is 0 Å². The zero-order valence-corrected chi connectivity index (χ0v) is 6.71. The highest BCUT2D eigenvalue weighted by molar-refractivity contribution is 5.42. The van der Waals surface area contributed by atoms with Crippen molar-refractivity contribution in [3.8, 4) is 0 Å². The summed E-state index contributed by atoms with van der Waals surface area (Å²) in [5.41, 5.74) is 0.620. The summed E-state index contributed by atoms with van der Waals surface area (Å²) >= 11 is 0. The van der Waals surface area contributed by atoms with Crippen LogP contribution in [-0.4, -0.2) is 27.4 Å². The molecule has 1 aromatic heterocycles. The van der Waals surface area contributed by atoms with Crippen LogP contribution in [0.2, 0.25) is 0 Å². The van der Waals surface area contributed by atoms with Gasteiger partial charge in [-0.05, 0) is 13.0 Å². The van der Waals surface area contributed by atoms with Crippen molar-refractivity contribution in [3.05, 3.63) is 24.4 Å². The molecule has 0 saturated carbocycles. The van der Waals surface area contributed by atoms with Crippen LogP contribution < -0.4 is 0 Å². The third-order valence-electron chi connectivity index (χ3n) is 1.41. The van der Waals surface area contributed by atoms with Crippen molar-refractivity contribution < 1.29 is 14.6 Å². The van der Waals surface area contributed by atoms with E-state index in [2.05, 4.69) is 4.98 Å². The molecule has 12 heavy (non-hydrogen) atoms. The average molecular weight is 169 g/mol. The number of aliphatic hydroxyl groups is 2. The van der Waals surface area contributed by atoms with Crippen molar-refractivity contribution in [2.75, 3.05) is 0 Å². The predicted octanol–water partition coefficient (Wildman–Crippen LogP) is 0.429. The molecule has 0 aliphatic rings. The molecular formula is C8H11NO3. The minimum atomic E-state index is -0.860. The Morgan fingerprint density at radius 2 is 2.33 bits per heavy atom. The molecule has 0 aromatic carbocycles. The monoisotopic (exact) mass is 169 g/mol. The number of hydrogen-bond donors (Lipinski definition) is 2. The van der Waals surface area contributed by atoms with Crippen molar-refractivity contribution >= 4 is 6.08 Å². The van der Waals surface area contributed by atoms with E-state index in [9.17, 15) is 0 Å². The predicted molar refractivity (Wildman–Crippen MR) is 43.2 cm³/mol. The maximum Gasteiger partial charge on any atom is 0.181 e. The number of oxazole rings is 1. The minimum Gasteiger partial charge on any atom is -0.451 e. The first-order chi connectivity index (χ1) is 5.70. The van der Waals surface area contributed by atoms with E-state index in [0.717, 1.165) is 0 Å². The molecule has 0 aliphatic heterocycles. The van der Waals surface area contributed by atoms with E-state index in [4.69, 9.17) is 14.6 Å². The zero-order valence-electron chi connectivity index (χ0n) is 6.71. The normalized spacial score (nSPS) is 16.6. The Balaban J connectivity index is 2.51. The Morgan fingerprint density at radius 3 is 2.83 bits per heavy atom. The Morgan fingerprint density at radius 1 is 1.58 bits per heavy atom. The van der Waals surface area contributed by atoms with E-state index in [1.165, 1.54) is 25.7 Å². The van der Waals surface area contributed by atoms with E-state index in [1.54, 1.807) is 6.08 Å². The van der Waals surface area contributed by atoms with Crippen LogP contribution in [-0.2, 0) is 0 Å². The summed E-state index contributed by atoms with van der Waals surface area (Å²) in [6.07, 6.45) is 4.16. The highest BCUT2D eigenvalue weighted by Gasteiger charge is 2.05. The molecule has 2 atom stereocenters. The first-order valence-corrected chi connectivity index (χ1v) is 3.62. The number of aromatic nitrogens is 1. The van der Waals surface area contributed by atoms with Crippen LogP contribution in [0.5, 0.6) is 0 Å².